The van der Waals surface area contributed by atoms with Gasteiger partial charge in [0, 0.05) is 0 Å². The van der Waals surface area contributed by atoms with Gasteiger partial charge in [-0.3, -0.25) is 4.18 Å². The number of benzene rings is 1. The molecule has 18 heavy (non-hydrogen) atoms. The smallest absolute Gasteiger partial charge is 0.297 e. The van der Waals surface area contributed by atoms with Gasteiger partial charge in [-0.15, -0.1) is 0 Å². The highest BCUT2D eigenvalue weighted by Gasteiger charge is 2.29. The molecule has 0 bridgehead atoms. The summed E-state index contributed by atoms with van der Waals surface area (Å²) in [6.07, 6.45) is 1.72. The molecule has 1 aromatic carbocycles. The van der Waals surface area contributed by atoms with Crippen LogP contribution in [0.15, 0.2) is 29.2 Å². The lowest BCUT2D eigenvalue weighted by Gasteiger charge is -2.26. The van der Waals surface area contributed by atoms with E-state index in [1.54, 1.807) is 12.1 Å². The van der Waals surface area contributed by atoms with Gasteiger partial charge in [-0.05, 0) is 31.9 Å². The summed E-state index contributed by atoms with van der Waals surface area (Å²) in [5, 5.41) is 9.73. The SMILES string of the molecule is Cc1ccc(S(=O)(=O)O[C@H]2CCCCC2O)cc1. The highest BCUT2D eigenvalue weighted by atomic mass is 32.2. The van der Waals surface area contributed by atoms with Crippen LogP contribution >= 0.6 is 0 Å². The topological polar surface area (TPSA) is 63.6 Å². The molecule has 2 rings (SSSR count). The van der Waals surface area contributed by atoms with E-state index in [0.717, 1.165) is 18.4 Å². The Morgan fingerprint density at radius 3 is 2.39 bits per heavy atom. The zero-order chi connectivity index (χ0) is 13.2. The van der Waals surface area contributed by atoms with E-state index in [0.29, 0.717) is 12.8 Å². The van der Waals surface area contributed by atoms with E-state index in [4.69, 9.17) is 4.18 Å². The van der Waals surface area contributed by atoms with Crippen LogP contribution in [0.5, 0.6) is 0 Å². The molecule has 100 valence electrons. The molecule has 1 fully saturated rings. The summed E-state index contributed by atoms with van der Waals surface area (Å²) in [4.78, 5) is 0.144. The number of aliphatic hydroxyl groups is 1. The van der Waals surface area contributed by atoms with Crippen molar-refractivity contribution in [3.63, 3.8) is 0 Å². The third-order valence-electron chi connectivity index (χ3n) is 3.23. The zero-order valence-corrected chi connectivity index (χ0v) is 11.2. The predicted molar refractivity (Wildman–Crippen MR) is 67.7 cm³/mol. The molecule has 1 N–H and O–H groups in total. The Hall–Kier alpha value is -0.910. The Morgan fingerprint density at radius 1 is 1.17 bits per heavy atom. The first-order valence-corrected chi connectivity index (χ1v) is 7.58. The fourth-order valence-electron chi connectivity index (χ4n) is 2.11. The van der Waals surface area contributed by atoms with Crippen molar-refractivity contribution in [3.05, 3.63) is 29.8 Å². The van der Waals surface area contributed by atoms with Gasteiger partial charge >= 0.3 is 0 Å². The quantitative estimate of drug-likeness (QED) is 0.853. The molecule has 0 aromatic heterocycles. The molecule has 1 unspecified atom stereocenters. The fraction of sp³-hybridized carbons (Fsp3) is 0.538. The van der Waals surface area contributed by atoms with Gasteiger partial charge in [-0.1, -0.05) is 30.5 Å². The van der Waals surface area contributed by atoms with Gasteiger partial charge in [0.25, 0.3) is 10.1 Å². The van der Waals surface area contributed by atoms with Crippen molar-refractivity contribution in [3.8, 4) is 0 Å². The van der Waals surface area contributed by atoms with E-state index in [-0.39, 0.29) is 4.90 Å². The summed E-state index contributed by atoms with van der Waals surface area (Å²) in [7, 11) is -3.77. The molecule has 0 heterocycles. The lowest BCUT2D eigenvalue weighted by atomic mass is 9.95. The second-order valence-electron chi connectivity index (χ2n) is 4.75. The van der Waals surface area contributed by atoms with Crippen molar-refractivity contribution in [1.82, 2.24) is 0 Å². The molecule has 0 saturated heterocycles. The average molecular weight is 270 g/mol. The van der Waals surface area contributed by atoms with Crippen LogP contribution in [0.3, 0.4) is 0 Å². The molecule has 1 aromatic rings. The van der Waals surface area contributed by atoms with E-state index in [1.807, 2.05) is 6.92 Å². The molecule has 4 nitrogen and oxygen atoms in total. The summed E-state index contributed by atoms with van der Waals surface area (Å²) in [5.74, 6) is 0. The van der Waals surface area contributed by atoms with Crippen LogP contribution in [-0.4, -0.2) is 25.7 Å². The normalized spacial score (nSPS) is 25.0. The summed E-state index contributed by atoms with van der Waals surface area (Å²) >= 11 is 0. The average Bonchev–Trinajstić information content (AvgIpc) is 2.32. The first-order chi connectivity index (χ1) is 8.49. The third kappa shape index (κ3) is 3.10. The molecule has 0 radical (unpaired) electrons. The predicted octanol–water partition coefficient (Wildman–Crippen LogP) is 2.00. The summed E-state index contributed by atoms with van der Waals surface area (Å²) < 4.78 is 29.2. The molecule has 1 saturated carbocycles. The van der Waals surface area contributed by atoms with Crippen LogP contribution in [0.2, 0.25) is 0 Å². The molecule has 0 spiro atoms. The van der Waals surface area contributed by atoms with Crippen molar-refractivity contribution < 1.29 is 17.7 Å². The molecule has 2 atom stereocenters. The van der Waals surface area contributed by atoms with Crippen molar-refractivity contribution in [1.29, 1.82) is 0 Å². The van der Waals surface area contributed by atoms with Gasteiger partial charge < -0.3 is 5.11 Å². The second kappa shape index (κ2) is 5.38. The van der Waals surface area contributed by atoms with E-state index in [9.17, 15) is 13.5 Å². The Morgan fingerprint density at radius 2 is 1.78 bits per heavy atom. The number of aryl methyl sites for hydroxylation is 1. The lowest BCUT2D eigenvalue weighted by Crippen LogP contribution is -2.34. The molecular formula is C13H18O4S. The van der Waals surface area contributed by atoms with Gasteiger partial charge in [0.05, 0.1) is 11.0 Å². The van der Waals surface area contributed by atoms with Gasteiger partial charge in [0.1, 0.15) is 6.10 Å². The van der Waals surface area contributed by atoms with Crippen LogP contribution in [0.1, 0.15) is 31.2 Å². The maximum absolute atomic E-state index is 12.0. The Balaban J connectivity index is 2.13. The summed E-state index contributed by atoms with van der Waals surface area (Å²) in [6, 6.07) is 6.51. The number of aliphatic hydroxyl groups excluding tert-OH is 1. The monoisotopic (exact) mass is 270 g/mol. The lowest BCUT2D eigenvalue weighted by molar-refractivity contribution is 0.0105. The van der Waals surface area contributed by atoms with E-state index < -0.39 is 22.3 Å². The van der Waals surface area contributed by atoms with Crippen LogP contribution in [0.4, 0.5) is 0 Å². The molecule has 1 aliphatic carbocycles. The highest BCUT2D eigenvalue weighted by molar-refractivity contribution is 7.86. The van der Waals surface area contributed by atoms with E-state index in [1.165, 1.54) is 12.1 Å². The highest BCUT2D eigenvalue weighted by Crippen LogP contribution is 2.25. The van der Waals surface area contributed by atoms with Crippen LogP contribution in [0.25, 0.3) is 0 Å². The molecule has 1 aliphatic rings. The maximum atomic E-state index is 12.0. The maximum Gasteiger partial charge on any atom is 0.297 e. The van der Waals surface area contributed by atoms with Crippen molar-refractivity contribution in [2.45, 2.75) is 49.7 Å². The largest absolute Gasteiger partial charge is 0.390 e. The molecule has 0 aliphatic heterocycles. The van der Waals surface area contributed by atoms with Crippen molar-refractivity contribution >= 4 is 10.1 Å². The molecule has 5 heteroatoms. The van der Waals surface area contributed by atoms with Crippen LogP contribution in [0, 0.1) is 6.92 Å². The fourth-order valence-corrected chi connectivity index (χ4v) is 3.24. The van der Waals surface area contributed by atoms with Crippen molar-refractivity contribution in [2.75, 3.05) is 0 Å². The standard InChI is InChI=1S/C13H18O4S/c1-10-6-8-11(9-7-10)18(15,16)17-13-5-3-2-4-12(13)14/h6-9,12-14H,2-5H2,1H3/t12?,13-/m0/s1. The second-order valence-corrected chi connectivity index (χ2v) is 6.33. The summed E-state index contributed by atoms with van der Waals surface area (Å²) in [5.41, 5.74) is 0.992. The Kier molecular flexibility index (Phi) is 4.04. The van der Waals surface area contributed by atoms with Gasteiger partial charge in [0.2, 0.25) is 0 Å². The zero-order valence-electron chi connectivity index (χ0n) is 10.4. The van der Waals surface area contributed by atoms with Crippen LogP contribution in [-0.2, 0) is 14.3 Å². The Labute approximate surface area is 108 Å². The Bertz CT molecular complexity index is 492. The van der Waals surface area contributed by atoms with Gasteiger partial charge in [0.15, 0.2) is 0 Å². The molecular weight excluding hydrogens is 252 g/mol. The minimum Gasteiger partial charge on any atom is -0.390 e. The third-order valence-corrected chi connectivity index (χ3v) is 4.58. The number of hydrogen-bond acceptors (Lipinski definition) is 4. The van der Waals surface area contributed by atoms with Gasteiger partial charge in [-0.25, -0.2) is 0 Å². The first kappa shape index (κ1) is 13.5. The minimum atomic E-state index is -3.77. The van der Waals surface area contributed by atoms with Crippen molar-refractivity contribution in [2.24, 2.45) is 0 Å². The van der Waals surface area contributed by atoms with E-state index >= 15 is 0 Å². The van der Waals surface area contributed by atoms with Gasteiger partial charge in [-0.2, -0.15) is 8.42 Å². The molecule has 0 amide bonds. The number of rotatable bonds is 3. The minimum absolute atomic E-state index is 0.144. The number of hydrogen-bond donors (Lipinski definition) is 1. The summed E-state index contributed by atoms with van der Waals surface area (Å²) in [6.45, 7) is 1.89. The first-order valence-electron chi connectivity index (χ1n) is 6.17. The van der Waals surface area contributed by atoms with Crippen LogP contribution < -0.4 is 0 Å². The van der Waals surface area contributed by atoms with E-state index in [2.05, 4.69) is 0 Å².